The average molecular weight is 285 g/mol. The van der Waals surface area contributed by atoms with Crippen LogP contribution in [0.3, 0.4) is 0 Å². The van der Waals surface area contributed by atoms with E-state index in [1.165, 1.54) is 11.3 Å². The number of amides is 1. The number of rotatable bonds is 7. The lowest BCUT2D eigenvalue weighted by Crippen LogP contribution is -2.37. The Hall–Kier alpha value is -1.47. The number of nitrogens with zero attached hydrogens (tertiary/aromatic N) is 2. The van der Waals surface area contributed by atoms with Crippen molar-refractivity contribution >= 4 is 28.3 Å². The highest BCUT2D eigenvalue weighted by Crippen LogP contribution is 2.14. The van der Waals surface area contributed by atoms with E-state index < -0.39 is 11.9 Å². The Morgan fingerprint density at radius 2 is 2.26 bits per heavy atom. The van der Waals surface area contributed by atoms with Gasteiger partial charge in [0.2, 0.25) is 5.91 Å². The van der Waals surface area contributed by atoms with Gasteiger partial charge in [-0.1, -0.05) is 13.8 Å². The molecule has 106 valence electrons. The number of hydrogen-bond acceptors (Lipinski definition) is 5. The van der Waals surface area contributed by atoms with Gasteiger partial charge in [-0.15, -0.1) is 11.3 Å². The van der Waals surface area contributed by atoms with Crippen LogP contribution in [0.2, 0.25) is 0 Å². The van der Waals surface area contributed by atoms with Crippen molar-refractivity contribution in [2.75, 3.05) is 25.0 Å². The number of carbonyl (C=O) groups excluding carboxylic acids is 1. The predicted octanol–water partition coefficient (Wildman–Crippen LogP) is 1.43. The van der Waals surface area contributed by atoms with E-state index in [0.717, 1.165) is 5.69 Å². The maximum absolute atomic E-state index is 11.8. The van der Waals surface area contributed by atoms with Crippen LogP contribution in [0.5, 0.6) is 0 Å². The summed E-state index contributed by atoms with van der Waals surface area (Å²) in [5, 5.41) is 14.0. The minimum absolute atomic E-state index is 0.172. The first-order valence-electron chi connectivity index (χ1n) is 6.09. The Labute approximate surface area is 116 Å². The number of aryl methyl sites for hydroxylation is 1. The summed E-state index contributed by atoms with van der Waals surface area (Å²) in [6.07, 6.45) is 0. The van der Waals surface area contributed by atoms with Gasteiger partial charge in [-0.25, -0.2) is 4.98 Å². The summed E-state index contributed by atoms with van der Waals surface area (Å²) in [5.41, 5.74) is 0.868. The topological polar surface area (TPSA) is 82.5 Å². The van der Waals surface area contributed by atoms with Crippen LogP contribution < -0.4 is 5.32 Å². The highest BCUT2D eigenvalue weighted by atomic mass is 32.1. The van der Waals surface area contributed by atoms with Gasteiger partial charge in [-0.2, -0.15) is 0 Å². The standard InChI is InChI=1S/C12H19N3O3S/c1-4-15(5-8(2)11(17)18)6-10(16)14-12-13-9(3)7-19-12/h7-8H,4-6H2,1-3H3,(H,17,18)(H,13,14,16). The average Bonchev–Trinajstić information content (AvgIpc) is 2.73. The molecule has 0 radical (unpaired) electrons. The predicted molar refractivity (Wildman–Crippen MR) is 74.4 cm³/mol. The molecule has 0 aliphatic carbocycles. The first-order valence-corrected chi connectivity index (χ1v) is 6.97. The molecule has 7 heteroatoms. The number of carboxylic acids is 1. The zero-order chi connectivity index (χ0) is 14.4. The van der Waals surface area contributed by atoms with E-state index in [2.05, 4.69) is 10.3 Å². The molecule has 1 atom stereocenters. The van der Waals surface area contributed by atoms with E-state index in [1.54, 1.807) is 11.8 Å². The molecule has 1 heterocycles. The van der Waals surface area contributed by atoms with Crippen molar-refractivity contribution < 1.29 is 14.7 Å². The largest absolute Gasteiger partial charge is 0.481 e. The molecule has 6 nitrogen and oxygen atoms in total. The van der Waals surface area contributed by atoms with Gasteiger partial charge >= 0.3 is 5.97 Å². The summed E-state index contributed by atoms with van der Waals surface area (Å²) in [6, 6.07) is 0. The summed E-state index contributed by atoms with van der Waals surface area (Å²) in [6.45, 7) is 6.55. The number of aliphatic carboxylic acids is 1. The van der Waals surface area contributed by atoms with Crippen molar-refractivity contribution in [3.63, 3.8) is 0 Å². The quantitative estimate of drug-likeness (QED) is 0.792. The SMILES string of the molecule is CCN(CC(=O)Nc1nc(C)cs1)CC(C)C(=O)O. The molecule has 1 unspecified atom stereocenters. The number of anilines is 1. The van der Waals surface area contributed by atoms with Gasteiger partial charge in [0, 0.05) is 11.9 Å². The van der Waals surface area contributed by atoms with Crippen LogP contribution in [0.4, 0.5) is 5.13 Å². The van der Waals surface area contributed by atoms with E-state index in [1.807, 2.05) is 19.2 Å². The summed E-state index contributed by atoms with van der Waals surface area (Å²) < 4.78 is 0. The van der Waals surface area contributed by atoms with Crippen LogP contribution in [-0.2, 0) is 9.59 Å². The highest BCUT2D eigenvalue weighted by molar-refractivity contribution is 7.13. The molecule has 0 aromatic carbocycles. The number of likely N-dealkylation sites (N-methyl/N-ethyl adjacent to an activating group) is 1. The maximum Gasteiger partial charge on any atom is 0.307 e. The lowest BCUT2D eigenvalue weighted by Gasteiger charge is -2.21. The molecule has 1 aromatic heterocycles. The van der Waals surface area contributed by atoms with Crippen LogP contribution in [-0.4, -0.2) is 46.5 Å². The van der Waals surface area contributed by atoms with Crippen LogP contribution in [0.25, 0.3) is 0 Å². The first-order chi connectivity index (χ1) is 8.92. The number of carbonyl (C=O) groups is 2. The molecule has 1 aromatic rings. The van der Waals surface area contributed by atoms with Crippen molar-refractivity contribution in [2.24, 2.45) is 5.92 Å². The van der Waals surface area contributed by atoms with Crippen molar-refractivity contribution in [1.29, 1.82) is 0 Å². The van der Waals surface area contributed by atoms with E-state index in [9.17, 15) is 9.59 Å². The van der Waals surface area contributed by atoms with Gasteiger partial charge in [-0.3, -0.25) is 14.5 Å². The normalized spacial score (nSPS) is 12.4. The molecular formula is C12H19N3O3S. The fourth-order valence-electron chi connectivity index (χ4n) is 1.54. The van der Waals surface area contributed by atoms with E-state index >= 15 is 0 Å². The molecular weight excluding hydrogens is 266 g/mol. The van der Waals surface area contributed by atoms with Gasteiger partial charge in [-0.05, 0) is 13.5 Å². The maximum atomic E-state index is 11.8. The summed E-state index contributed by atoms with van der Waals surface area (Å²) in [7, 11) is 0. The second kappa shape index (κ2) is 7.20. The van der Waals surface area contributed by atoms with Crippen LogP contribution in [0.1, 0.15) is 19.5 Å². The van der Waals surface area contributed by atoms with Crippen molar-refractivity contribution in [3.8, 4) is 0 Å². The lowest BCUT2D eigenvalue weighted by atomic mass is 10.1. The number of carboxylic acid groups (broad SMARTS) is 1. The number of nitrogens with one attached hydrogen (secondary N) is 1. The van der Waals surface area contributed by atoms with Crippen LogP contribution >= 0.6 is 11.3 Å². The highest BCUT2D eigenvalue weighted by Gasteiger charge is 2.17. The molecule has 19 heavy (non-hydrogen) atoms. The van der Waals surface area contributed by atoms with Gasteiger partial charge in [0.05, 0.1) is 18.2 Å². The fourth-order valence-corrected chi connectivity index (χ4v) is 2.25. The second-order valence-electron chi connectivity index (χ2n) is 4.41. The van der Waals surface area contributed by atoms with Crippen molar-refractivity contribution in [2.45, 2.75) is 20.8 Å². The Bertz CT molecular complexity index is 447. The third-order valence-corrected chi connectivity index (χ3v) is 3.51. The van der Waals surface area contributed by atoms with E-state index in [4.69, 9.17) is 5.11 Å². The molecule has 0 aliphatic rings. The molecule has 1 rings (SSSR count). The lowest BCUT2D eigenvalue weighted by molar-refractivity contribution is -0.142. The van der Waals surface area contributed by atoms with Gasteiger partial charge in [0.1, 0.15) is 0 Å². The number of thiazole rings is 1. The summed E-state index contributed by atoms with van der Waals surface area (Å²) in [4.78, 5) is 28.6. The minimum Gasteiger partial charge on any atom is -0.481 e. The molecule has 0 bridgehead atoms. The van der Waals surface area contributed by atoms with Gasteiger partial charge < -0.3 is 10.4 Å². The Kier molecular flexibility index (Phi) is 5.91. The second-order valence-corrected chi connectivity index (χ2v) is 5.27. The zero-order valence-corrected chi connectivity index (χ0v) is 12.2. The Balaban J connectivity index is 2.46. The molecule has 0 aliphatic heterocycles. The van der Waals surface area contributed by atoms with Crippen LogP contribution in [0, 0.1) is 12.8 Å². The van der Waals surface area contributed by atoms with Crippen molar-refractivity contribution in [3.05, 3.63) is 11.1 Å². The molecule has 0 spiro atoms. The minimum atomic E-state index is -0.852. The molecule has 0 fully saturated rings. The zero-order valence-electron chi connectivity index (χ0n) is 11.3. The monoisotopic (exact) mass is 285 g/mol. The molecule has 0 saturated heterocycles. The molecule has 1 amide bonds. The number of hydrogen-bond donors (Lipinski definition) is 2. The fraction of sp³-hybridized carbons (Fsp3) is 0.583. The Morgan fingerprint density at radius 1 is 1.58 bits per heavy atom. The van der Waals surface area contributed by atoms with Gasteiger partial charge in [0.25, 0.3) is 0 Å². The third-order valence-electron chi connectivity index (χ3n) is 2.63. The van der Waals surface area contributed by atoms with E-state index in [0.29, 0.717) is 18.2 Å². The summed E-state index contributed by atoms with van der Waals surface area (Å²) in [5.74, 6) is -1.52. The van der Waals surface area contributed by atoms with Gasteiger partial charge in [0.15, 0.2) is 5.13 Å². The first kappa shape index (κ1) is 15.6. The molecule has 0 saturated carbocycles. The summed E-state index contributed by atoms with van der Waals surface area (Å²) >= 11 is 1.38. The smallest absolute Gasteiger partial charge is 0.307 e. The van der Waals surface area contributed by atoms with E-state index in [-0.39, 0.29) is 12.5 Å². The number of aromatic nitrogens is 1. The molecule has 2 N–H and O–H groups in total. The Morgan fingerprint density at radius 3 is 2.74 bits per heavy atom. The third kappa shape index (κ3) is 5.35. The van der Waals surface area contributed by atoms with Crippen LogP contribution in [0.15, 0.2) is 5.38 Å². The van der Waals surface area contributed by atoms with Crippen molar-refractivity contribution in [1.82, 2.24) is 9.88 Å².